The fourth-order valence-electron chi connectivity index (χ4n) is 0.512. The van der Waals surface area contributed by atoms with Crippen LogP contribution in [0.4, 0.5) is 13.2 Å². The number of alkyl halides is 3. The monoisotopic (exact) mass is 167 g/mol. The van der Waals surface area contributed by atoms with Gasteiger partial charge in [-0.3, -0.25) is 0 Å². The van der Waals surface area contributed by atoms with E-state index in [4.69, 9.17) is 0 Å². The van der Waals surface area contributed by atoms with E-state index in [-0.39, 0.29) is 5.76 Å². The number of halogens is 3. The molecule has 0 aliphatic carbocycles. The van der Waals surface area contributed by atoms with Gasteiger partial charge in [-0.25, -0.2) is 0 Å². The van der Waals surface area contributed by atoms with E-state index in [1.807, 2.05) is 0 Å². The molecular weight excluding hydrogens is 163 g/mol. The summed E-state index contributed by atoms with van der Waals surface area (Å²) in [4.78, 5) is 0. The average molecular weight is 167 g/mol. The van der Waals surface area contributed by atoms with Gasteiger partial charge in [0, 0.05) is 6.92 Å². The van der Waals surface area contributed by atoms with Crippen molar-refractivity contribution in [2.75, 3.05) is 0 Å². The Morgan fingerprint density at radius 1 is 1.55 bits per heavy atom. The molecule has 0 spiro atoms. The van der Waals surface area contributed by atoms with Crippen LogP contribution in [0.2, 0.25) is 0 Å². The van der Waals surface area contributed by atoms with E-state index in [1.54, 1.807) is 0 Å². The highest BCUT2D eigenvalue weighted by Crippen LogP contribution is 2.24. The van der Waals surface area contributed by atoms with Crippen LogP contribution >= 0.6 is 0 Å². The van der Waals surface area contributed by atoms with Gasteiger partial charge in [0.25, 0.3) is 0 Å². The number of ether oxygens (including phenoxy) is 1. The Balaban J connectivity index is 2.72. The first kappa shape index (κ1) is 7.90. The molecule has 0 unspecified atom stereocenters. The molecule has 0 N–H and O–H groups in total. The van der Waals surface area contributed by atoms with Crippen LogP contribution in [0.5, 0.6) is 5.75 Å². The summed E-state index contributed by atoms with van der Waals surface area (Å²) in [5.41, 5.74) is 0. The van der Waals surface area contributed by atoms with Crippen LogP contribution in [0.1, 0.15) is 5.76 Å². The molecule has 0 aliphatic heterocycles. The van der Waals surface area contributed by atoms with Gasteiger partial charge in [-0.05, 0) is 0 Å². The largest absolute Gasteiger partial charge is 0.573 e. The molecule has 1 rings (SSSR count). The zero-order valence-corrected chi connectivity index (χ0v) is 5.47. The molecule has 1 aromatic heterocycles. The van der Waals surface area contributed by atoms with Crippen molar-refractivity contribution in [2.24, 2.45) is 0 Å². The quantitative estimate of drug-likeness (QED) is 0.640. The van der Waals surface area contributed by atoms with Crippen LogP contribution in [0.25, 0.3) is 0 Å². The molecule has 6 heteroatoms. The lowest BCUT2D eigenvalue weighted by molar-refractivity contribution is -0.275. The zero-order valence-electron chi connectivity index (χ0n) is 5.47. The second-order valence-corrected chi connectivity index (χ2v) is 1.79. The highest BCUT2D eigenvalue weighted by Gasteiger charge is 2.32. The molecule has 0 fully saturated rings. The molecule has 11 heavy (non-hydrogen) atoms. The third-order valence-corrected chi connectivity index (χ3v) is 0.932. The molecule has 1 heterocycles. The Labute approximate surface area is 59.7 Å². The molecule has 0 saturated heterocycles. The highest BCUT2D eigenvalue weighted by molar-refractivity contribution is 5.19. The minimum atomic E-state index is -4.68. The predicted molar refractivity (Wildman–Crippen MR) is 27.9 cm³/mol. The van der Waals surface area contributed by atoms with Crippen LogP contribution in [-0.4, -0.2) is 11.5 Å². The Kier molecular flexibility index (Phi) is 1.76. The van der Waals surface area contributed by atoms with Crippen molar-refractivity contribution in [3.05, 3.63) is 12.0 Å². The highest BCUT2D eigenvalue weighted by atomic mass is 19.4. The van der Waals surface area contributed by atoms with Gasteiger partial charge < -0.3 is 9.26 Å². The number of hydrogen-bond acceptors (Lipinski definition) is 3. The van der Waals surface area contributed by atoms with E-state index in [0.717, 1.165) is 6.20 Å². The smallest absolute Gasteiger partial charge is 0.400 e. The molecular formula is C5H4F3NO2. The van der Waals surface area contributed by atoms with Crippen molar-refractivity contribution in [1.29, 1.82) is 0 Å². The van der Waals surface area contributed by atoms with Crippen LogP contribution in [0.3, 0.4) is 0 Å². The molecule has 3 nitrogen and oxygen atoms in total. The van der Waals surface area contributed by atoms with Crippen molar-refractivity contribution in [3.8, 4) is 5.75 Å². The molecule has 62 valence electrons. The van der Waals surface area contributed by atoms with Crippen LogP contribution in [0, 0.1) is 6.92 Å². The van der Waals surface area contributed by atoms with Crippen LogP contribution in [0.15, 0.2) is 10.7 Å². The first-order chi connectivity index (χ1) is 4.99. The molecule has 0 bridgehead atoms. The van der Waals surface area contributed by atoms with Gasteiger partial charge in [0.05, 0.1) is 0 Å². The Morgan fingerprint density at radius 3 is 2.55 bits per heavy atom. The van der Waals surface area contributed by atoms with Gasteiger partial charge in [0.2, 0.25) is 0 Å². The van der Waals surface area contributed by atoms with E-state index >= 15 is 0 Å². The standard InChI is InChI=1S/C5H4F3NO2/c1-3-4(2-9-11-3)10-5(6,7)8/h2H,1H3. The summed E-state index contributed by atoms with van der Waals surface area (Å²) in [6.07, 6.45) is -3.82. The molecule has 1 aromatic rings. The summed E-state index contributed by atoms with van der Waals surface area (Å²) in [5, 5.41) is 3.11. The summed E-state index contributed by atoms with van der Waals surface area (Å²) in [7, 11) is 0. The van der Waals surface area contributed by atoms with E-state index < -0.39 is 12.1 Å². The molecule has 0 radical (unpaired) electrons. The van der Waals surface area contributed by atoms with Crippen LogP contribution in [-0.2, 0) is 0 Å². The summed E-state index contributed by atoms with van der Waals surface area (Å²) >= 11 is 0. The van der Waals surface area contributed by atoms with Gasteiger partial charge in [-0.15, -0.1) is 13.2 Å². The Morgan fingerprint density at radius 2 is 2.18 bits per heavy atom. The van der Waals surface area contributed by atoms with Gasteiger partial charge >= 0.3 is 6.36 Å². The molecule has 0 aromatic carbocycles. The maximum atomic E-state index is 11.5. The lowest BCUT2D eigenvalue weighted by atomic mass is 10.5. The van der Waals surface area contributed by atoms with E-state index in [9.17, 15) is 13.2 Å². The van der Waals surface area contributed by atoms with Crippen molar-refractivity contribution in [1.82, 2.24) is 5.16 Å². The number of rotatable bonds is 1. The fraction of sp³-hybridized carbons (Fsp3) is 0.400. The third-order valence-electron chi connectivity index (χ3n) is 0.932. The summed E-state index contributed by atoms with van der Waals surface area (Å²) < 4.78 is 42.4. The second-order valence-electron chi connectivity index (χ2n) is 1.79. The first-order valence-corrected chi connectivity index (χ1v) is 2.66. The third kappa shape index (κ3) is 2.14. The lowest BCUT2D eigenvalue weighted by Crippen LogP contribution is -2.17. The predicted octanol–water partition coefficient (Wildman–Crippen LogP) is 1.88. The van der Waals surface area contributed by atoms with Crippen LogP contribution < -0.4 is 4.74 Å². The minimum Gasteiger partial charge on any atom is -0.400 e. The molecule has 0 aliphatic rings. The Hall–Kier alpha value is -1.20. The second kappa shape index (κ2) is 2.44. The van der Waals surface area contributed by atoms with Gasteiger partial charge in [-0.2, -0.15) is 0 Å². The van der Waals surface area contributed by atoms with E-state index in [2.05, 4.69) is 14.4 Å². The van der Waals surface area contributed by atoms with Gasteiger partial charge in [0.1, 0.15) is 6.20 Å². The average Bonchev–Trinajstić information content (AvgIpc) is 2.12. The summed E-state index contributed by atoms with van der Waals surface area (Å²) in [6.45, 7) is 1.33. The van der Waals surface area contributed by atoms with Gasteiger partial charge in [-0.1, -0.05) is 5.16 Å². The van der Waals surface area contributed by atoms with Gasteiger partial charge in [0.15, 0.2) is 11.5 Å². The van der Waals surface area contributed by atoms with E-state index in [1.165, 1.54) is 6.92 Å². The molecule has 0 saturated carbocycles. The number of aromatic nitrogens is 1. The fourth-order valence-corrected chi connectivity index (χ4v) is 0.512. The minimum absolute atomic E-state index is 0.00215. The number of aryl methyl sites for hydroxylation is 1. The van der Waals surface area contributed by atoms with Crippen molar-refractivity contribution in [2.45, 2.75) is 13.3 Å². The SMILES string of the molecule is Cc1oncc1OC(F)(F)F. The lowest BCUT2D eigenvalue weighted by Gasteiger charge is -2.05. The van der Waals surface area contributed by atoms with Crippen molar-refractivity contribution < 1.29 is 22.4 Å². The molecule has 0 atom stereocenters. The first-order valence-electron chi connectivity index (χ1n) is 2.66. The normalized spacial score (nSPS) is 11.6. The van der Waals surface area contributed by atoms with E-state index in [0.29, 0.717) is 0 Å². The molecule has 0 amide bonds. The summed E-state index contributed by atoms with van der Waals surface area (Å²) in [6, 6.07) is 0. The number of hydrogen-bond donors (Lipinski definition) is 0. The topological polar surface area (TPSA) is 35.3 Å². The maximum absolute atomic E-state index is 11.5. The van der Waals surface area contributed by atoms with Crippen molar-refractivity contribution in [3.63, 3.8) is 0 Å². The summed E-state index contributed by atoms with van der Waals surface area (Å²) in [5.74, 6) is -0.403. The maximum Gasteiger partial charge on any atom is 0.573 e. The van der Waals surface area contributed by atoms with Crippen molar-refractivity contribution >= 4 is 0 Å². The zero-order chi connectivity index (χ0) is 8.48. The number of nitrogens with zero attached hydrogens (tertiary/aromatic N) is 1. The Bertz CT molecular complexity index is 242.